The van der Waals surface area contributed by atoms with Crippen LogP contribution in [0.25, 0.3) is 0 Å². The fraction of sp³-hybridized carbons (Fsp3) is 0.571. The molecule has 0 bridgehead atoms. The van der Waals surface area contributed by atoms with Crippen molar-refractivity contribution in [2.45, 2.75) is 52.4 Å². The van der Waals surface area contributed by atoms with Crippen molar-refractivity contribution in [2.24, 2.45) is 0 Å². The van der Waals surface area contributed by atoms with Crippen molar-refractivity contribution < 1.29 is 9.35 Å². The second kappa shape index (κ2) is 5.83. The summed E-state index contributed by atoms with van der Waals surface area (Å²) in [5.41, 5.74) is 1.64. The van der Waals surface area contributed by atoms with Crippen LogP contribution < -0.4 is 0 Å². The molecule has 0 unspecified atom stereocenters. The van der Waals surface area contributed by atoms with Crippen LogP contribution in [0.4, 0.5) is 5.69 Å². The van der Waals surface area contributed by atoms with Crippen LogP contribution in [0.3, 0.4) is 0 Å². The van der Waals surface area contributed by atoms with E-state index in [1.807, 2.05) is 6.92 Å². The Hall–Kier alpha value is -0.913. The van der Waals surface area contributed by atoms with E-state index in [4.69, 9.17) is 16.0 Å². The van der Waals surface area contributed by atoms with Gasteiger partial charge in [0.2, 0.25) is 0 Å². The molecule has 0 atom stereocenters. The van der Waals surface area contributed by atoms with Crippen LogP contribution >= 0.6 is 11.6 Å². The first-order valence-electron chi connectivity index (χ1n) is 6.53. The van der Waals surface area contributed by atoms with E-state index in [0.29, 0.717) is 11.6 Å². The quantitative estimate of drug-likeness (QED) is 0.442. The topological polar surface area (TPSA) is 52.4 Å². The largest absolute Gasteiger partial charge is 0.413 e. The highest BCUT2D eigenvalue weighted by Gasteiger charge is 2.37. The number of hydrogen-bond donors (Lipinski definition) is 0. The highest BCUT2D eigenvalue weighted by molar-refractivity contribution is 6.74. The number of hydrogen-bond acceptors (Lipinski definition) is 3. The molecular weight excluding hydrogens is 294 g/mol. The number of nitro benzene ring substituents is 1. The number of non-ortho nitro benzene ring substituents is 1. The molecule has 0 N–H and O–H groups in total. The van der Waals surface area contributed by atoms with Crippen LogP contribution in [0.15, 0.2) is 12.1 Å². The molecule has 112 valence electrons. The molecule has 0 heterocycles. The fourth-order valence-electron chi connectivity index (χ4n) is 1.45. The van der Waals surface area contributed by atoms with Gasteiger partial charge in [-0.25, -0.2) is 0 Å². The van der Waals surface area contributed by atoms with Crippen molar-refractivity contribution in [1.82, 2.24) is 0 Å². The summed E-state index contributed by atoms with van der Waals surface area (Å²) in [6.07, 6.45) is 0. The van der Waals surface area contributed by atoms with Gasteiger partial charge in [0.1, 0.15) is 0 Å². The molecule has 0 spiro atoms. The van der Waals surface area contributed by atoms with E-state index < -0.39 is 13.2 Å². The van der Waals surface area contributed by atoms with Crippen LogP contribution in [0.2, 0.25) is 23.2 Å². The molecule has 0 aliphatic carbocycles. The lowest BCUT2D eigenvalue weighted by molar-refractivity contribution is -0.384. The minimum Gasteiger partial charge on any atom is -0.413 e. The van der Waals surface area contributed by atoms with Crippen LogP contribution in [0.1, 0.15) is 31.9 Å². The van der Waals surface area contributed by atoms with Gasteiger partial charge >= 0.3 is 0 Å². The van der Waals surface area contributed by atoms with Gasteiger partial charge in [-0.1, -0.05) is 32.4 Å². The van der Waals surface area contributed by atoms with Crippen LogP contribution in [-0.4, -0.2) is 13.2 Å². The molecule has 0 radical (unpaired) electrons. The zero-order chi connectivity index (χ0) is 15.7. The summed E-state index contributed by atoms with van der Waals surface area (Å²) in [5.74, 6) is 0. The molecule has 0 saturated heterocycles. The zero-order valence-electron chi connectivity index (χ0n) is 12.9. The van der Waals surface area contributed by atoms with Gasteiger partial charge in [-0.2, -0.15) is 0 Å². The molecular formula is C14H22ClNO3Si. The summed E-state index contributed by atoms with van der Waals surface area (Å²) in [5, 5.41) is 11.4. The van der Waals surface area contributed by atoms with Gasteiger partial charge in [0.15, 0.2) is 8.32 Å². The normalized spacial score (nSPS) is 12.6. The maximum absolute atomic E-state index is 10.9. The molecule has 1 rings (SSSR count). The number of nitrogens with zero attached hydrogens (tertiary/aromatic N) is 1. The third kappa shape index (κ3) is 3.81. The van der Waals surface area contributed by atoms with Gasteiger partial charge in [-0.3, -0.25) is 10.1 Å². The molecule has 0 aliphatic heterocycles. The molecule has 0 saturated carbocycles. The summed E-state index contributed by atoms with van der Waals surface area (Å²) in [4.78, 5) is 10.5. The molecule has 0 amide bonds. The monoisotopic (exact) mass is 315 g/mol. The zero-order valence-corrected chi connectivity index (χ0v) is 14.7. The Bertz CT molecular complexity index is 524. The molecule has 4 nitrogen and oxygen atoms in total. The number of halogens is 1. The SMILES string of the molecule is Cc1c(Cl)cc([N+](=O)[O-])cc1CO[Si](C)(C)C(C)(C)C. The van der Waals surface area contributed by atoms with E-state index in [2.05, 4.69) is 33.9 Å². The lowest BCUT2D eigenvalue weighted by Crippen LogP contribution is -2.40. The van der Waals surface area contributed by atoms with Crippen LogP contribution in [0.5, 0.6) is 0 Å². The average molecular weight is 316 g/mol. The van der Waals surface area contributed by atoms with E-state index >= 15 is 0 Å². The minimum absolute atomic E-state index is 0.00873. The van der Waals surface area contributed by atoms with Crippen LogP contribution in [-0.2, 0) is 11.0 Å². The lowest BCUT2D eigenvalue weighted by Gasteiger charge is -2.36. The smallest absolute Gasteiger partial charge is 0.271 e. The van der Waals surface area contributed by atoms with E-state index in [1.165, 1.54) is 6.07 Å². The lowest BCUT2D eigenvalue weighted by atomic mass is 10.1. The molecule has 0 aromatic heterocycles. The molecule has 20 heavy (non-hydrogen) atoms. The highest BCUT2D eigenvalue weighted by atomic mass is 35.5. The molecule has 6 heteroatoms. The third-order valence-electron chi connectivity index (χ3n) is 4.04. The van der Waals surface area contributed by atoms with E-state index in [1.54, 1.807) is 6.07 Å². The van der Waals surface area contributed by atoms with Gasteiger partial charge in [0.25, 0.3) is 5.69 Å². The second-order valence-corrected chi connectivity index (χ2v) is 11.7. The van der Waals surface area contributed by atoms with E-state index in [9.17, 15) is 10.1 Å². The first-order valence-corrected chi connectivity index (χ1v) is 9.82. The first kappa shape index (κ1) is 17.1. The van der Waals surface area contributed by atoms with Gasteiger partial charge in [0, 0.05) is 12.1 Å². The Morgan fingerprint density at radius 2 is 1.90 bits per heavy atom. The number of benzene rings is 1. The molecule has 1 aromatic carbocycles. The maximum atomic E-state index is 10.9. The predicted octanol–water partition coefficient (Wildman–Crippen LogP) is 5.08. The highest BCUT2D eigenvalue weighted by Crippen LogP contribution is 2.37. The van der Waals surface area contributed by atoms with E-state index in [0.717, 1.165) is 11.1 Å². The van der Waals surface area contributed by atoms with Gasteiger partial charge in [-0.15, -0.1) is 0 Å². The second-order valence-electron chi connectivity index (χ2n) is 6.52. The standard InChI is InChI=1S/C14H22ClNO3Si/c1-10-11(7-12(16(17)18)8-13(10)15)9-19-20(5,6)14(2,3)4/h7-8H,9H2,1-6H3. The Balaban J connectivity index is 3.02. The minimum atomic E-state index is -1.89. The van der Waals surface area contributed by atoms with Crippen molar-refractivity contribution in [3.63, 3.8) is 0 Å². The summed E-state index contributed by atoms with van der Waals surface area (Å²) in [6, 6.07) is 2.93. The summed E-state index contributed by atoms with van der Waals surface area (Å²) in [6.45, 7) is 13.0. The number of rotatable bonds is 4. The maximum Gasteiger partial charge on any atom is 0.271 e. The Kier molecular flexibility index (Phi) is 5.00. The van der Waals surface area contributed by atoms with E-state index in [-0.39, 0.29) is 10.7 Å². The fourth-order valence-corrected chi connectivity index (χ4v) is 2.63. The average Bonchev–Trinajstić information content (AvgIpc) is 2.29. The van der Waals surface area contributed by atoms with Crippen molar-refractivity contribution >= 4 is 25.6 Å². The Labute approximate surface area is 126 Å². The van der Waals surface area contributed by atoms with Gasteiger partial charge in [0.05, 0.1) is 16.6 Å². The molecule has 0 aliphatic rings. The molecule has 1 aromatic rings. The van der Waals surface area contributed by atoms with Gasteiger partial charge in [-0.05, 0) is 36.2 Å². The van der Waals surface area contributed by atoms with Crippen molar-refractivity contribution in [1.29, 1.82) is 0 Å². The Morgan fingerprint density at radius 1 is 1.35 bits per heavy atom. The molecule has 0 fully saturated rings. The summed E-state index contributed by atoms with van der Waals surface area (Å²) < 4.78 is 6.11. The summed E-state index contributed by atoms with van der Waals surface area (Å²) >= 11 is 6.05. The van der Waals surface area contributed by atoms with Crippen molar-refractivity contribution in [3.8, 4) is 0 Å². The van der Waals surface area contributed by atoms with Crippen LogP contribution in [0, 0.1) is 17.0 Å². The third-order valence-corrected chi connectivity index (χ3v) is 8.91. The van der Waals surface area contributed by atoms with Crippen molar-refractivity contribution in [3.05, 3.63) is 38.4 Å². The number of nitro groups is 1. The van der Waals surface area contributed by atoms with Crippen molar-refractivity contribution in [2.75, 3.05) is 0 Å². The Morgan fingerprint density at radius 3 is 2.35 bits per heavy atom. The predicted molar refractivity (Wildman–Crippen MR) is 84.8 cm³/mol. The first-order chi connectivity index (χ1) is 8.95. The summed E-state index contributed by atoms with van der Waals surface area (Å²) in [7, 11) is -1.89. The van der Waals surface area contributed by atoms with Gasteiger partial charge < -0.3 is 4.43 Å².